The fourth-order valence-corrected chi connectivity index (χ4v) is 3.32. The summed E-state index contributed by atoms with van der Waals surface area (Å²) in [4.78, 5) is 10.8. The van der Waals surface area contributed by atoms with Gasteiger partial charge in [-0.15, -0.1) is 0 Å². The van der Waals surface area contributed by atoms with Crippen molar-refractivity contribution in [2.45, 2.75) is 11.8 Å². The third-order valence-electron chi connectivity index (χ3n) is 2.49. The number of halogens is 1. The number of hydrogen-bond acceptors (Lipinski definition) is 4. The van der Waals surface area contributed by atoms with Gasteiger partial charge < -0.3 is 5.11 Å². The summed E-state index contributed by atoms with van der Waals surface area (Å²) in [7, 11) is -3.83. The molecule has 106 valence electrons. The second-order valence-corrected chi connectivity index (χ2v) is 6.55. The van der Waals surface area contributed by atoms with E-state index in [0.717, 1.165) is 6.07 Å². The SMILES string of the molecule is Cc1ccc(Br)cc1S(=O)(=O)Nc1cc(C(=O)O)[nH]n1. The highest BCUT2D eigenvalue weighted by Crippen LogP contribution is 2.22. The van der Waals surface area contributed by atoms with Crippen molar-refractivity contribution in [3.63, 3.8) is 0 Å². The molecule has 2 rings (SSSR count). The highest BCUT2D eigenvalue weighted by atomic mass is 79.9. The Balaban J connectivity index is 2.35. The summed E-state index contributed by atoms with van der Waals surface area (Å²) in [6.07, 6.45) is 0. The van der Waals surface area contributed by atoms with E-state index in [1.807, 2.05) is 0 Å². The summed E-state index contributed by atoms with van der Waals surface area (Å²) in [6, 6.07) is 5.95. The molecule has 0 aliphatic heterocycles. The molecule has 2 aromatic rings. The number of sulfonamides is 1. The van der Waals surface area contributed by atoms with E-state index in [-0.39, 0.29) is 16.4 Å². The molecular weight excluding hydrogens is 350 g/mol. The molecule has 0 saturated heterocycles. The number of nitrogens with one attached hydrogen (secondary N) is 2. The van der Waals surface area contributed by atoms with Crippen molar-refractivity contribution in [2.75, 3.05) is 4.72 Å². The van der Waals surface area contributed by atoms with Crippen molar-refractivity contribution < 1.29 is 18.3 Å². The van der Waals surface area contributed by atoms with Crippen molar-refractivity contribution in [3.8, 4) is 0 Å². The number of hydrogen-bond donors (Lipinski definition) is 3. The van der Waals surface area contributed by atoms with Gasteiger partial charge in [-0.1, -0.05) is 22.0 Å². The number of aromatic carboxylic acids is 1. The van der Waals surface area contributed by atoms with Crippen LogP contribution in [-0.2, 0) is 10.0 Å². The van der Waals surface area contributed by atoms with E-state index in [2.05, 4.69) is 30.8 Å². The van der Waals surface area contributed by atoms with Gasteiger partial charge >= 0.3 is 5.97 Å². The quantitative estimate of drug-likeness (QED) is 0.772. The lowest BCUT2D eigenvalue weighted by Crippen LogP contribution is -2.14. The molecule has 0 aliphatic carbocycles. The van der Waals surface area contributed by atoms with Gasteiger partial charge in [-0.2, -0.15) is 5.10 Å². The van der Waals surface area contributed by atoms with Crippen LogP contribution in [-0.4, -0.2) is 29.7 Å². The average molecular weight is 360 g/mol. The van der Waals surface area contributed by atoms with Gasteiger partial charge in [0.25, 0.3) is 10.0 Å². The first kappa shape index (κ1) is 14.5. The van der Waals surface area contributed by atoms with E-state index in [9.17, 15) is 13.2 Å². The number of carbonyl (C=O) groups is 1. The van der Waals surface area contributed by atoms with E-state index in [1.54, 1.807) is 19.1 Å². The molecule has 1 heterocycles. The molecule has 0 unspecified atom stereocenters. The van der Waals surface area contributed by atoms with E-state index in [0.29, 0.717) is 10.0 Å². The highest BCUT2D eigenvalue weighted by Gasteiger charge is 2.19. The van der Waals surface area contributed by atoms with Crippen LogP contribution < -0.4 is 4.72 Å². The number of aromatic amines is 1. The number of aromatic nitrogens is 2. The van der Waals surface area contributed by atoms with Gasteiger partial charge in [0, 0.05) is 10.5 Å². The number of carboxylic acid groups (broad SMARTS) is 1. The number of aryl methyl sites for hydroxylation is 1. The highest BCUT2D eigenvalue weighted by molar-refractivity contribution is 9.10. The lowest BCUT2D eigenvalue weighted by molar-refractivity contribution is 0.0690. The molecule has 0 saturated carbocycles. The average Bonchev–Trinajstić information content (AvgIpc) is 2.80. The minimum absolute atomic E-state index is 0.0817. The summed E-state index contributed by atoms with van der Waals surface area (Å²) in [5.74, 6) is -1.30. The summed E-state index contributed by atoms with van der Waals surface area (Å²) in [5, 5.41) is 14.6. The summed E-state index contributed by atoms with van der Waals surface area (Å²) in [6.45, 7) is 1.66. The van der Waals surface area contributed by atoms with Crippen LogP contribution in [0.1, 0.15) is 16.1 Å². The fraction of sp³-hybridized carbons (Fsp3) is 0.0909. The largest absolute Gasteiger partial charge is 0.477 e. The second-order valence-electron chi connectivity index (χ2n) is 3.99. The molecule has 1 aromatic carbocycles. The summed E-state index contributed by atoms with van der Waals surface area (Å²) in [5.41, 5.74) is 0.364. The fourth-order valence-electron chi connectivity index (χ4n) is 1.54. The molecule has 0 fully saturated rings. The predicted molar refractivity (Wildman–Crippen MR) is 75.2 cm³/mol. The van der Waals surface area contributed by atoms with Gasteiger partial charge in [-0.3, -0.25) is 9.82 Å². The molecule has 9 heteroatoms. The monoisotopic (exact) mass is 359 g/mol. The van der Waals surface area contributed by atoms with Crippen molar-refractivity contribution in [1.82, 2.24) is 10.2 Å². The second kappa shape index (κ2) is 5.25. The van der Waals surface area contributed by atoms with E-state index < -0.39 is 16.0 Å². The summed E-state index contributed by atoms with van der Waals surface area (Å²) >= 11 is 3.21. The number of nitrogens with zero attached hydrogens (tertiary/aromatic N) is 1. The summed E-state index contributed by atoms with van der Waals surface area (Å²) < 4.78 is 27.3. The molecule has 1 aromatic heterocycles. The number of benzene rings is 1. The van der Waals surface area contributed by atoms with Crippen molar-refractivity contribution >= 4 is 37.7 Å². The zero-order valence-corrected chi connectivity index (χ0v) is 12.6. The normalized spacial score (nSPS) is 11.3. The number of rotatable bonds is 4. The molecule has 20 heavy (non-hydrogen) atoms. The maximum absolute atomic E-state index is 12.2. The minimum Gasteiger partial charge on any atom is -0.477 e. The molecule has 0 aliphatic rings. The Kier molecular flexibility index (Phi) is 3.82. The Morgan fingerprint density at radius 1 is 1.40 bits per heavy atom. The van der Waals surface area contributed by atoms with Gasteiger partial charge in [0.05, 0.1) is 4.90 Å². The zero-order valence-electron chi connectivity index (χ0n) is 10.2. The first-order valence-electron chi connectivity index (χ1n) is 5.37. The van der Waals surface area contributed by atoms with Gasteiger partial charge in [0.15, 0.2) is 5.82 Å². The Morgan fingerprint density at radius 2 is 2.10 bits per heavy atom. The van der Waals surface area contributed by atoms with Crippen LogP contribution in [0.2, 0.25) is 0 Å². The smallest absolute Gasteiger partial charge is 0.353 e. The Hall–Kier alpha value is -1.87. The van der Waals surface area contributed by atoms with Crippen LogP contribution in [0.15, 0.2) is 33.6 Å². The molecule has 0 bridgehead atoms. The van der Waals surface area contributed by atoms with Gasteiger partial charge in [-0.05, 0) is 24.6 Å². The lowest BCUT2D eigenvalue weighted by atomic mass is 10.2. The lowest BCUT2D eigenvalue weighted by Gasteiger charge is -2.08. The van der Waals surface area contributed by atoms with Crippen molar-refractivity contribution in [2.24, 2.45) is 0 Å². The topological polar surface area (TPSA) is 112 Å². The molecule has 7 nitrogen and oxygen atoms in total. The first-order chi connectivity index (χ1) is 9.29. The Labute approximate surface area is 123 Å². The van der Waals surface area contributed by atoms with E-state index >= 15 is 0 Å². The molecule has 0 spiro atoms. The maximum Gasteiger partial charge on any atom is 0.353 e. The number of H-pyrrole nitrogens is 1. The van der Waals surface area contributed by atoms with Crippen LogP contribution in [0.3, 0.4) is 0 Å². The minimum atomic E-state index is -3.83. The molecular formula is C11H10BrN3O4S. The Morgan fingerprint density at radius 3 is 2.70 bits per heavy atom. The third-order valence-corrected chi connectivity index (χ3v) is 4.48. The van der Waals surface area contributed by atoms with Crippen molar-refractivity contribution in [1.29, 1.82) is 0 Å². The predicted octanol–water partition coefficient (Wildman–Crippen LogP) is 1.98. The standard InChI is InChI=1S/C11H10BrN3O4S/c1-6-2-3-7(12)4-9(6)20(18,19)15-10-5-8(11(16)17)13-14-10/h2-5H,1H3,(H,16,17)(H2,13,14,15). The first-order valence-corrected chi connectivity index (χ1v) is 7.65. The van der Waals surface area contributed by atoms with Crippen LogP contribution in [0, 0.1) is 6.92 Å². The van der Waals surface area contributed by atoms with E-state index in [4.69, 9.17) is 5.11 Å². The van der Waals surface area contributed by atoms with Crippen molar-refractivity contribution in [3.05, 3.63) is 40.0 Å². The molecule has 0 radical (unpaired) electrons. The molecule has 3 N–H and O–H groups in total. The van der Waals surface area contributed by atoms with E-state index in [1.165, 1.54) is 6.07 Å². The Bertz CT molecular complexity index is 770. The maximum atomic E-state index is 12.2. The van der Waals surface area contributed by atoms with Gasteiger partial charge in [-0.25, -0.2) is 13.2 Å². The molecule has 0 amide bonds. The molecule has 0 atom stereocenters. The third kappa shape index (κ3) is 2.99. The van der Waals surface area contributed by atoms with Crippen LogP contribution in [0.5, 0.6) is 0 Å². The number of anilines is 1. The number of carboxylic acids is 1. The van der Waals surface area contributed by atoms with Gasteiger partial charge in [0.1, 0.15) is 5.69 Å². The van der Waals surface area contributed by atoms with Gasteiger partial charge in [0.2, 0.25) is 0 Å². The van der Waals surface area contributed by atoms with Crippen LogP contribution in [0.4, 0.5) is 5.82 Å². The van der Waals surface area contributed by atoms with Crippen LogP contribution >= 0.6 is 15.9 Å². The van der Waals surface area contributed by atoms with Crippen LogP contribution in [0.25, 0.3) is 0 Å². The zero-order chi connectivity index (χ0) is 14.9.